The van der Waals surface area contributed by atoms with Crippen LogP contribution < -0.4 is 4.74 Å². The topological polar surface area (TPSA) is 80.0 Å². The molecule has 7 heteroatoms. The molecule has 31 heavy (non-hydrogen) atoms. The molecule has 2 aromatic carbocycles. The van der Waals surface area contributed by atoms with E-state index in [1.165, 1.54) is 11.2 Å². The van der Waals surface area contributed by atoms with Crippen molar-refractivity contribution in [3.63, 3.8) is 0 Å². The Kier molecular flexibility index (Phi) is 5.57. The molecule has 0 saturated carbocycles. The molecular formula is C24H20ClNO5. The van der Waals surface area contributed by atoms with Gasteiger partial charge in [-0.05, 0) is 60.5 Å². The van der Waals surface area contributed by atoms with Crippen molar-refractivity contribution in [3.05, 3.63) is 93.9 Å². The number of amides is 1. The molecule has 1 aromatic heterocycles. The highest BCUT2D eigenvalue weighted by Gasteiger charge is 2.46. The normalized spacial score (nSPS) is 17.9. The van der Waals surface area contributed by atoms with Crippen LogP contribution >= 0.6 is 11.6 Å². The van der Waals surface area contributed by atoms with E-state index >= 15 is 0 Å². The number of aliphatic hydroxyl groups excluding tert-OH is 1. The van der Waals surface area contributed by atoms with Crippen LogP contribution in [0.1, 0.15) is 28.5 Å². The second kappa shape index (κ2) is 8.32. The van der Waals surface area contributed by atoms with E-state index in [1.807, 2.05) is 0 Å². The maximum atomic E-state index is 13.1. The van der Waals surface area contributed by atoms with Gasteiger partial charge in [-0.2, -0.15) is 0 Å². The Labute approximate surface area is 184 Å². The highest BCUT2D eigenvalue weighted by molar-refractivity contribution is 6.46. The Morgan fingerprint density at radius 3 is 2.52 bits per heavy atom. The minimum absolute atomic E-state index is 0.0205. The van der Waals surface area contributed by atoms with Gasteiger partial charge in [0.2, 0.25) is 0 Å². The molecule has 2 heterocycles. The molecule has 0 aliphatic carbocycles. The summed E-state index contributed by atoms with van der Waals surface area (Å²) in [6, 6.07) is 14.6. The average molecular weight is 438 g/mol. The second-order valence-corrected chi connectivity index (χ2v) is 7.68. The second-order valence-electron chi connectivity index (χ2n) is 7.24. The molecule has 1 aliphatic heterocycles. The van der Waals surface area contributed by atoms with Gasteiger partial charge in [0.25, 0.3) is 11.7 Å². The largest absolute Gasteiger partial charge is 0.507 e. The van der Waals surface area contributed by atoms with Crippen LogP contribution in [0.15, 0.2) is 70.9 Å². The standard InChI is InChI=1S/C24H20ClNO5/c1-14-12-17(30-2)9-10-19(14)22(27)20-21(15-5-7-16(25)8-6-15)26(24(29)23(20)28)13-18-4-3-11-31-18/h3-12,21,27H,13H2,1-2H3/b22-20-. The van der Waals surface area contributed by atoms with Crippen molar-refractivity contribution in [1.29, 1.82) is 0 Å². The van der Waals surface area contributed by atoms with Gasteiger partial charge in [-0.1, -0.05) is 23.7 Å². The predicted molar refractivity (Wildman–Crippen MR) is 116 cm³/mol. The number of Topliss-reactive ketones (excluding diaryl/α,β-unsaturated/α-hetero) is 1. The third-order valence-corrected chi connectivity index (χ3v) is 5.57. The van der Waals surface area contributed by atoms with Gasteiger partial charge in [-0.3, -0.25) is 9.59 Å². The van der Waals surface area contributed by atoms with Crippen LogP contribution in [-0.4, -0.2) is 28.8 Å². The minimum atomic E-state index is -0.788. The molecule has 1 saturated heterocycles. The van der Waals surface area contributed by atoms with Crippen molar-refractivity contribution < 1.29 is 23.8 Å². The molecule has 3 aromatic rings. The Morgan fingerprint density at radius 1 is 1.16 bits per heavy atom. The van der Waals surface area contributed by atoms with Crippen molar-refractivity contribution in [2.24, 2.45) is 0 Å². The third kappa shape index (κ3) is 3.82. The number of carbonyl (C=O) groups is 2. The SMILES string of the molecule is COc1ccc(/C(O)=C2/C(=O)C(=O)N(Cc3ccco3)C2c2ccc(Cl)cc2)c(C)c1. The molecular weight excluding hydrogens is 418 g/mol. The minimum Gasteiger partial charge on any atom is -0.507 e. The number of aliphatic hydroxyl groups is 1. The number of nitrogens with zero attached hydrogens (tertiary/aromatic N) is 1. The van der Waals surface area contributed by atoms with Gasteiger partial charge in [0.05, 0.1) is 31.5 Å². The Bertz CT molecular complexity index is 1170. The number of halogens is 1. The molecule has 0 radical (unpaired) electrons. The van der Waals surface area contributed by atoms with E-state index in [4.69, 9.17) is 20.8 Å². The van der Waals surface area contributed by atoms with Gasteiger partial charge in [0.1, 0.15) is 17.3 Å². The summed E-state index contributed by atoms with van der Waals surface area (Å²) < 4.78 is 10.6. The molecule has 1 fully saturated rings. The van der Waals surface area contributed by atoms with Crippen molar-refractivity contribution in [2.45, 2.75) is 19.5 Å². The van der Waals surface area contributed by atoms with E-state index in [9.17, 15) is 14.7 Å². The summed E-state index contributed by atoms with van der Waals surface area (Å²) >= 11 is 6.04. The zero-order valence-electron chi connectivity index (χ0n) is 17.0. The number of hydrogen-bond donors (Lipinski definition) is 1. The quantitative estimate of drug-likeness (QED) is 0.350. The highest BCUT2D eigenvalue weighted by Crippen LogP contribution is 2.41. The van der Waals surface area contributed by atoms with Gasteiger partial charge in [-0.15, -0.1) is 0 Å². The van der Waals surface area contributed by atoms with E-state index in [1.54, 1.807) is 68.6 Å². The number of benzene rings is 2. The summed E-state index contributed by atoms with van der Waals surface area (Å²) in [7, 11) is 1.55. The molecule has 158 valence electrons. The predicted octanol–water partition coefficient (Wildman–Crippen LogP) is 4.87. The number of ketones is 1. The van der Waals surface area contributed by atoms with Crippen LogP contribution in [0.4, 0.5) is 0 Å². The van der Waals surface area contributed by atoms with E-state index in [0.29, 0.717) is 33.2 Å². The summed E-state index contributed by atoms with van der Waals surface area (Å²) in [5.74, 6) is -0.535. The number of rotatable bonds is 5. The molecule has 1 N–H and O–H groups in total. The molecule has 6 nitrogen and oxygen atoms in total. The molecule has 1 atom stereocenters. The van der Waals surface area contributed by atoms with Gasteiger partial charge >= 0.3 is 0 Å². The lowest BCUT2D eigenvalue weighted by atomic mass is 9.94. The van der Waals surface area contributed by atoms with Crippen LogP contribution in [0.3, 0.4) is 0 Å². The number of hydrogen-bond acceptors (Lipinski definition) is 5. The Balaban J connectivity index is 1.87. The van der Waals surface area contributed by atoms with Crippen molar-refractivity contribution in [1.82, 2.24) is 4.90 Å². The monoisotopic (exact) mass is 437 g/mol. The first-order chi connectivity index (χ1) is 14.9. The Hall–Kier alpha value is -3.51. The van der Waals surface area contributed by atoms with Crippen LogP contribution in [-0.2, 0) is 16.1 Å². The lowest BCUT2D eigenvalue weighted by Crippen LogP contribution is -2.29. The van der Waals surface area contributed by atoms with E-state index in [0.717, 1.165) is 0 Å². The van der Waals surface area contributed by atoms with Crippen molar-refractivity contribution in [3.8, 4) is 5.75 Å². The van der Waals surface area contributed by atoms with Crippen LogP contribution in [0.2, 0.25) is 5.02 Å². The molecule has 1 amide bonds. The number of methoxy groups -OCH3 is 1. The van der Waals surface area contributed by atoms with Crippen LogP contribution in [0.5, 0.6) is 5.75 Å². The number of furan rings is 1. The van der Waals surface area contributed by atoms with Gasteiger partial charge < -0.3 is 19.2 Å². The number of likely N-dealkylation sites (tertiary alicyclic amines) is 1. The smallest absolute Gasteiger partial charge is 0.296 e. The van der Waals surface area contributed by atoms with Crippen molar-refractivity contribution in [2.75, 3.05) is 7.11 Å². The summed E-state index contributed by atoms with van der Waals surface area (Å²) in [6.07, 6.45) is 1.50. The van der Waals surface area contributed by atoms with Crippen molar-refractivity contribution >= 4 is 29.1 Å². The first kappa shape index (κ1) is 20.8. The maximum absolute atomic E-state index is 13.1. The van der Waals surface area contributed by atoms with Crippen LogP contribution in [0, 0.1) is 6.92 Å². The van der Waals surface area contributed by atoms with E-state index in [-0.39, 0.29) is 17.9 Å². The zero-order valence-corrected chi connectivity index (χ0v) is 17.7. The summed E-state index contributed by atoms with van der Waals surface area (Å²) in [4.78, 5) is 27.4. The fourth-order valence-corrected chi connectivity index (χ4v) is 3.91. The summed E-state index contributed by atoms with van der Waals surface area (Å²) in [5, 5.41) is 11.7. The fourth-order valence-electron chi connectivity index (χ4n) is 3.78. The zero-order chi connectivity index (χ0) is 22.1. The van der Waals surface area contributed by atoms with Gasteiger partial charge in [0.15, 0.2) is 0 Å². The van der Waals surface area contributed by atoms with Gasteiger partial charge in [-0.25, -0.2) is 0 Å². The third-order valence-electron chi connectivity index (χ3n) is 5.32. The molecule has 0 bridgehead atoms. The lowest BCUT2D eigenvalue weighted by Gasteiger charge is -2.24. The molecule has 1 unspecified atom stereocenters. The molecule has 4 rings (SSSR count). The number of carbonyl (C=O) groups excluding carboxylic acids is 2. The molecule has 1 aliphatic rings. The van der Waals surface area contributed by atoms with E-state index in [2.05, 4.69) is 0 Å². The Morgan fingerprint density at radius 2 is 1.90 bits per heavy atom. The summed E-state index contributed by atoms with van der Waals surface area (Å²) in [6.45, 7) is 1.89. The molecule has 0 spiro atoms. The fraction of sp³-hybridized carbons (Fsp3) is 0.167. The maximum Gasteiger partial charge on any atom is 0.296 e. The first-order valence-electron chi connectivity index (χ1n) is 9.62. The highest BCUT2D eigenvalue weighted by atomic mass is 35.5. The number of ether oxygens (including phenoxy) is 1. The summed E-state index contributed by atoms with van der Waals surface area (Å²) in [5.41, 5.74) is 1.84. The van der Waals surface area contributed by atoms with Crippen LogP contribution in [0.25, 0.3) is 5.76 Å². The number of aryl methyl sites for hydroxylation is 1. The van der Waals surface area contributed by atoms with Gasteiger partial charge in [0, 0.05) is 10.6 Å². The average Bonchev–Trinajstić information content (AvgIpc) is 3.36. The first-order valence-corrected chi connectivity index (χ1v) is 9.99. The van der Waals surface area contributed by atoms with E-state index < -0.39 is 17.7 Å². The lowest BCUT2D eigenvalue weighted by molar-refractivity contribution is -0.140.